The Labute approximate surface area is 198 Å². The van der Waals surface area contributed by atoms with Gasteiger partial charge in [-0.2, -0.15) is 0 Å². The summed E-state index contributed by atoms with van der Waals surface area (Å²) >= 11 is 6.07. The van der Waals surface area contributed by atoms with Gasteiger partial charge in [0.15, 0.2) is 0 Å². The summed E-state index contributed by atoms with van der Waals surface area (Å²) in [5, 5.41) is 5.92. The minimum Gasteiger partial charge on any atom is -0.497 e. The fraction of sp³-hybridized carbons (Fsp3) is 0.0417. The summed E-state index contributed by atoms with van der Waals surface area (Å²) in [6.07, 6.45) is 0. The number of amides is 3. The number of ether oxygens (including phenoxy) is 1. The largest absolute Gasteiger partial charge is 0.497 e. The maximum absolute atomic E-state index is 13.8. The fourth-order valence-corrected chi connectivity index (χ4v) is 3.42. The van der Waals surface area contributed by atoms with Crippen LogP contribution in [0.15, 0.2) is 72.8 Å². The molecule has 0 aliphatic carbocycles. The number of nitrogens with zero attached hydrogens (tertiary/aromatic N) is 1. The maximum Gasteiger partial charge on any atom is 0.328 e. The number of nitrogens with one attached hydrogen (secondary N) is 3. The molecule has 4 rings (SSSR count). The number of hydrogen-bond donors (Lipinski definition) is 3. The van der Waals surface area contributed by atoms with E-state index < -0.39 is 23.5 Å². The molecule has 0 unspecified atom stereocenters. The van der Waals surface area contributed by atoms with Crippen molar-refractivity contribution in [1.82, 2.24) is 4.68 Å². The molecular formula is C24H18ClFN4O4. The minimum atomic E-state index is -1.11. The number of methoxy groups -OCH3 is 1. The van der Waals surface area contributed by atoms with E-state index in [1.165, 1.54) is 36.1 Å². The number of hydrogen-bond acceptors (Lipinski definition) is 4. The molecule has 172 valence electrons. The second-order valence-corrected chi connectivity index (χ2v) is 7.56. The monoisotopic (exact) mass is 480 g/mol. The number of halogens is 2. The zero-order chi connectivity index (χ0) is 24.2. The lowest BCUT2D eigenvalue weighted by Gasteiger charge is -2.13. The standard InChI is InChI=1S/C24H18ClFN4O4/c1-34-17-9-7-16(8-10-17)27-22(31)21-13-14-12-15(25)6-11-20(14)30(21)29-24(33)23(32)28-19-5-3-2-4-18(19)26/h2-13H,1H3,(H,27,31)(H,28,32)(H,29,33). The first-order valence-electron chi connectivity index (χ1n) is 9.99. The van der Waals surface area contributed by atoms with Crippen molar-refractivity contribution in [2.24, 2.45) is 0 Å². The van der Waals surface area contributed by atoms with E-state index in [4.69, 9.17) is 16.3 Å². The van der Waals surface area contributed by atoms with Crippen LogP contribution in [0, 0.1) is 5.82 Å². The van der Waals surface area contributed by atoms with Crippen molar-refractivity contribution >= 4 is 51.6 Å². The van der Waals surface area contributed by atoms with Crippen LogP contribution >= 0.6 is 11.6 Å². The van der Waals surface area contributed by atoms with E-state index in [9.17, 15) is 18.8 Å². The number of benzene rings is 3. The topological polar surface area (TPSA) is 101 Å². The highest BCUT2D eigenvalue weighted by molar-refractivity contribution is 6.42. The van der Waals surface area contributed by atoms with Crippen LogP contribution in [0.2, 0.25) is 5.02 Å². The molecule has 8 nitrogen and oxygen atoms in total. The first-order valence-corrected chi connectivity index (χ1v) is 10.4. The normalized spacial score (nSPS) is 10.6. The second-order valence-electron chi connectivity index (χ2n) is 7.13. The van der Waals surface area contributed by atoms with E-state index in [-0.39, 0.29) is 11.4 Å². The van der Waals surface area contributed by atoms with Crippen LogP contribution in [0.25, 0.3) is 10.9 Å². The molecule has 0 atom stereocenters. The van der Waals surface area contributed by atoms with Crippen LogP contribution < -0.4 is 20.8 Å². The SMILES string of the molecule is COc1ccc(NC(=O)c2cc3cc(Cl)ccc3n2NC(=O)C(=O)Nc2ccccc2F)cc1. The third-order valence-corrected chi connectivity index (χ3v) is 5.12. The van der Waals surface area contributed by atoms with Crippen LogP contribution in [0.3, 0.4) is 0 Å². The molecule has 3 N–H and O–H groups in total. The molecule has 0 bridgehead atoms. The summed E-state index contributed by atoms with van der Waals surface area (Å²) in [5.41, 5.74) is 3.21. The summed E-state index contributed by atoms with van der Waals surface area (Å²) in [6, 6.07) is 18.4. The van der Waals surface area contributed by atoms with Gasteiger partial charge in [0, 0.05) is 16.1 Å². The van der Waals surface area contributed by atoms with Crippen LogP contribution in [-0.2, 0) is 9.59 Å². The van der Waals surface area contributed by atoms with Crippen molar-refractivity contribution in [3.8, 4) is 5.75 Å². The third kappa shape index (κ3) is 4.84. The third-order valence-electron chi connectivity index (χ3n) is 4.89. The van der Waals surface area contributed by atoms with Crippen LogP contribution in [0.5, 0.6) is 5.75 Å². The Morgan fingerprint density at radius 3 is 2.35 bits per heavy atom. The number of carbonyl (C=O) groups excluding carboxylic acids is 3. The number of anilines is 2. The van der Waals surface area contributed by atoms with Crippen LogP contribution in [-0.4, -0.2) is 29.5 Å². The molecule has 0 aliphatic rings. The van der Waals surface area contributed by atoms with Crippen molar-refractivity contribution in [2.45, 2.75) is 0 Å². The van der Waals surface area contributed by atoms with Crippen molar-refractivity contribution in [3.63, 3.8) is 0 Å². The van der Waals surface area contributed by atoms with Gasteiger partial charge in [-0.15, -0.1) is 0 Å². The number of carbonyl (C=O) groups is 3. The van der Waals surface area contributed by atoms with Gasteiger partial charge in [0.25, 0.3) is 5.91 Å². The van der Waals surface area contributed by atoms with E-state index in [1.54, 1.807) is 42.5 Å². The molecule has 10 heteroatoms. The quantitative estimate of drug-likeness (QED) is 0.368. The van der Waals surface area contributed by atoms with Gasteiger partial charge in [-0.3, -0.25) is 19.8 Å². The number of rotatable bonds is 5. The van der Waals surface area contributed by atoms with Crippen LogP contribution in [0.4, 0.5) is 15.8 Å². The van der Waals surface area contributed by atoms with Crippen molar-refractivity contribution in [2.75, 3.05) is 23.2 Å². The lowest BCUT2D eigenvalue weighted by atomic mass is 10.2. The average molecular weight is 481 g/mol. The Kier molecular flexibility index (Phi) is 6.46. The molecule has 0 saturated heterocycles. The lowest BCUT2D eigenvalue weighted by Crippen LogP contribution is -2.36. The Bertz CT molecular complexity index is 1400. The summed E-state index contributed by atoms with van der Waals surface area (Å²) in [5.74, 6) is -2.83. The molecule has 0 saturated carbocycles. The highest BCUT2D eigenvalue weighted by atomic mass is 35.5. The molecule has 0 aliphatic heterocycles. The summed E-state index contributed by atoms with van der Waals surface area (Å²) in [7, 11) is 1.53. The smallest absolute Gasteiger partial charge is 0.328 e. The molecule has 3 amide bonds. The Morgan fingerprint density at radius 1 is 0.912 bits per heavy atom. The highest BCUT2D eigenvalue weighted by Crippen LogP contribution is 2.24. The fourth-order valence-electron chi connectivity index (χ4n) is 3.24. The molecule has 0 fully saturated rings. The van der Waals surface area contributed by atoms with E-state index in [0.29, 0.717) is 27.4 Å². The van der Waals surface area contributed by atoms with Crippen molar-refractivity contribution in [1.29, 1.82) is 0 Å². The predicted octanol–water partition coefficient (Wildman–Crippen LogP) is 4.40. The minimum absolute atomic E-state index is 0.0418. The van der Waals surface area contributed by atoms with E-state index >= 15 is 0 Å². The second kappa shape index (κ2) is 9.63. The molecule has 0 spiro atoms. The number of para-hydroxylation sites is 1. The molecule has 4 aromatic rings. The van der Waals surface area contributed by atoms with E-state index in [0.717, 1.165) is 6.07 Å². The van der Waals surface area contributed by atoms with Gasteiger partial charge in [0.2, 0.25) is 0 Å². The van der Waals surface area contributed by atoms with Gasteiger partial charge < -0.3 is 15.4 Å². The van der Waals surface area contributed by atoms with Crippen molar-refractivity contribution in [3.05, 3.63) is 89.3 Å². The number of fused-ring (bicyclic) bond motifs is 1. The molecule has 3 aromatic carbocycles. The van der Waals surface area contributed by atoms with Gasteiger partial charge >= 0.3 is 11.8 Å². The Balaban J connectivity index is 1.62. The summed E-state index contributed by atoms with van der Waals surface area (Å²) < 4.78 is 20.1. The number of aromatic nitrogens is 1. The van der Waals surface area contributed by atoms with E-state index in [1.807, 2.05) is 0 Å². The Morgan fingerprint density at radius 2 is 1.65 bits per heavy atom. The van der Waals surface area contributed by atoms with Crippen molar-refractivity contribution < 1.29 is 23.5 Å². The zero-order valence-electron chi connectivity index (χ0n) is 17.8. The Hall–Kier alpha value is -4.37. The predicted molar refractivity (Wildman–Crippen MR) is 127 cm³/mol. The van der Waals surface area contributed by atoms with Gasteiger partial charge in [-0.25, -0.2) is 9.07 Å². The molecule has 34 heavy (non-hydrogen) atoms. The maximum atomic E-state index is 13.8. The van der Waals surface area contributed by atoms with Gasteiger partial charge in [-0.05, 0) is 60.7 Å². The van der Waals surface area contributed by atoms with Gasteiger partial charge in [-0.1, -0.05) is 23.7 Å². The van der Waals surface area contributed by atoms with E-state index in [2.05, 4.69) is 16.1 Å². The van der Waals surface area contributed by atoms with Gasteiger partial charge in [0.05, 0.1) is 18.3 Å². The molecular weight excluding hydrogens is 463 g/mol. The summed E-state index contributed by atoms with van der Waals surface area (Å²) in [4.78, 5) is 38.0. The lowest BCUT2D eigenvalue weighted by molar-refractivity contribution is -0.133. The van der Waals surface area contributed by atoms with Gasteiger partial charge in [0.1, 0.15) is 17.3 Å². The zero-order valence-corrected chi connectivity index (χ0v) is 18.5. The molecule has 1 aromatic heterocycles. The highest BCUT2D eigenvalue weighted by Gasteiger charge is 2.22. The first-order chi connectivity index (χ1) is 16.4. The molecule has 1 heterocycles. The average Bonchev–Trinajstić information content (AvgIpc) is 3.18. The summed E-state index contributed by atoms with van der Waals surface area (Å²) in [6.45, 7) is 0. The first kappa shape index (κ1) is 22.8. The van der Waals surface area contributed by atoms with Crippen LogP contribution in [0.1, 0.15) is 10.5 Å². The molecule has 0 radical (unpaired) electrons.